The Kier molecular flexibility index (Phi) is 4.56. The number of ether oxygens (including phenoxy) is 2. The molecule has 3 N–H and O–H groups in total. The van der Waals surface area contributed by atoms with Crippen LogP contribution in [0.5, 0.6) is 11.5 Å². The van der Waals surface area contributed by atoms with Crippen molar-refractivity contribution >= 4 is 32.6 Å². The summed E-state index contributed by atoms with van der Waals surface area (Å²) in [7, 11) is -4.00. The standard InChI is InChI=1S/C11H12N4O4S2/c1-20-11(14-6-12)15-7-4-8-9(19-3-2-18-8)5-10(7)21(13,16)17/h4-5H,2-3H2,1H3,(H,14,15)(H2,13,16,17). The van der Waals surface area contributed by atoms with Crippen LogP contribution in [0, 0.1) is 11.5 Å². The molecule has 0 saturated carbocycles. The van der Waals surface area contributed by atoms with Crippen LogP contribution in [0.2, 0.25) is 0 Å². The molecular weight excluding hydrogens is 316 g/mol. The SMILES string of the molecule is CSC(=Nc1cc2c(cc1S(N)(=O)=O)OCCO2)NC#N. The summed E-state index contributed by atoms with van der Waals surface area (Å²) in [5.41, 5.74) is 0.0776. The van der Waals surface area contributed by atoms with Crippen molar-refractivity contribution in [2.45, 2.75) is 4.90 Å². The van der Waals surface area contributed by atoms with E-state index in [9.17, 15) is 8.42 Å². The number of nitrogens with one attached hydrogen (secondary N) is 1. The molecule has 0 amide bonds. The lowest BCUT2D eigenvalue weighted by atomic mass is 10.2. The molecule has 21 heavy (non-hydrogen) atoms. The Morgan fingerprint density at radius 3 is 2.57 bits per heavy atom. The quantitative estimate of drug-likeness (QED) is 0.351. The van der Waals surface area contributed by atoms with Crippen LogP contribution in [0.1, 0.15) is 0 Å². The molecule has 1 aliphatic rings. The highest BCUT2D eigenvalue weighted by molar-refractivity contribution is 8.13. The van der Waals surface area contributed by atoms with Gasteiger partial charge in [0.15, 0.2) is 22.9 Å². The van der Waals surface area contributed by atoms with Crippen LogP contribution in [0.15, 0.2) is 22.0 Å². The van der Waals surface area contributed by atoms with Gasteiger partial charge < -0.3 is 9.47 Å². The first-order valence-corrected chi connectivity index (χ1v) is 8.47. The minimum Gasteiger partial charge on any atom is -0.486 e. The molecule has 1 heterocycles. The van der Waals surface area contributed by atoms with Gasteiger partial charge in [0.2, 0.25) is 10.0 Å². The van der Waals surface area contributed by atoms with Crippen LogP contribution in [-0.4, -0.2) is 33.1 Å². The van der Waals surface area contributed by atoms with Crippen LogP contribution < -0.4 is 19.9 Å². The van der Waals surface area contributed by atoms with Crippen molar-refractivity contribution in [3.8, 4) is 17.7 Å². The van der Waals surface area contributed by atoms with Gasteiger partial charge in [0.1, 0.15) is 18.1 Å². The number of hydrogen-bond donors (Lipinski definition) is 2. The maximum atomic E-state index is 11.7. The van der Waals surface area contributed by atoms with Gasteiger partial charge in [-0.05, 0) is 6.26 Å². The normalized spacial score (nSPS) is 14.4. The van der Waals surface area contributed by atoms with E-state index in [1.54, 1.807) is 12.4 Å². The summed E-state index contributed by atoms with van der Waals surface area (Å²) >= 11 is 1.15. The van der Waals surface area contributed by atoms with Gasteiger partial charge >= 0.3 is 0 Å². The first-order chi connectivity index (χ1) is 9.95. The number of thioether (sulfide) groups is 1. The summed E-state index contributed by atoms with van der Waals surface area (Å²) in [5.74, 6) is 0.674. The summed E-state index contributed by atoms with van der Waals surface area (Å²) in [6.07, 6.45) is 3.41. The number of aliphatic imine (C=N–C) groups is 1. The molecule has 1 aromatic carbocycles. The zero-order valence-electron chi connectivity index (χ0n) is 11.0. The number of nitriles is 1. The Morgan fingerprint density at radius 2 is 2.05 bits per heavy atom. The fourth-order valence-corrected chi connectivity index (χ4v) is 2.66. The van der Waals surface area contributed by atoms with E-state index < -0.39 is 10.0 Å². The largest absolute Gasteiger partial charge is 0.486 e. The lowest BCUT2D eigenvalue weighted by Crippen LogP contribution is -2.18. The lowest BCUT2D eigenvalue weighted by molar-refractivity contribution is 0.171. The third kappa shape index (κ3) is 3.57. The van der Waals surface area contributed by atoms with Crippen molar-refractivity contribution in [1.29, 1.82) is 5.26 Å². The number of nitrogens with zero attached hydrogens (tertiary/aromatic N) is 2. The number of primary sulfonamides is 1. The van der Waals surface area contributed by atoms with Crippen molar-refractivity contribution in [1.82, 2.24) is 5.32 Å². The second kappa shape index (κ2) is 6.21. The zero-order chi connectivity index (χ0) is 15.5. The Labute approximate surface area is 126 Å². The molecule has 0 aromatic heterocycles. The first-order valence-electron chi connectivity index (χ1n) is 5.70. The predicted molar refractivity (Wildman–Crippen MR) is 78.2 cm³/mol. The number of fused-ring (bicyclic) bond motifs is 1. The van der Waals surface area contributed by atoms with E-state index in [1.807, 2.05) is 0 Å². The highest BCUT2D eigenvalue weighted by Gasteiger charge is 2.21. The molecule has 0 bridgehead atoms. The van der Waals surface area contributed by atoms with Crippen molar-refractivity contribution in [3.63, 3.8) is 0 Å². The average Bonchev–Trinajstić information content (AvgIpc) is 2.45. The second-order valence-corrected chi connectivity index (χ2v) is 6.19. The number of amidine groups is 1. The minimum absolute atomic E-state index is 0.0776. The molecular formula is C11H12N4O4S2. The predicted octanol–water partition coefficient (Wildman–Crippen LogP) is 0.526. The zero-order valence-corrected chi connectivity index (χ0v) is 12.6. The molecule has 1 aliphatic heterocycles. The molecule has 1 aromatic rings. The fourth-order valence-electron chi connectivity index (χ4n) is 1.66. The highest BCUT2D eigenvalue weighted by atomic mass is 32.2. The van der Waals surface area contributed by atoms with Crippen molar-refractivity contribution < 1.29 is 17.9 Å². The van der Waals surface area contributed by atoms with Crippen molar-refractivity contribution in [2.75, 3.05) is 19.5 Å². The van der Waals surface area contributed by atoms with Crippen LogP contribution >= 0.6 is 11.8 Å². The van der Waals surface area contributed by atoms with E-state index in [2.05, 4.69) is 10.3 Å². The third-order valence-corrected chi connectivity index (χ3v) is 4.03. The monoisotopic (exact) mass is 328 g/mol. The summed E-state index contributed by atoms with van der Waals surface area (Å²) in [6, 6.07) is 2.69. The van der Waals surface area contributed by atoms with Gasteiger partial charge in [0.05, 0.1) is 5.69 Å². The number of hydrogen-bond acceptors (Lipinski definition) is 7. The topological polar surface area (TPSA) is 127 Å². The van der Waals surface area contributed by atoms with E-state index in [0.29, 0.717) is 24.7 Å². The molecule has 2 rings (SSSR count). The maximum absolute atomic E-state index is 11.7. The first kappa shape index (κ1) is 15.4. The molecule has 8 nitrogen and oxygen atoms in total. The van der Waals surface area contributed by atoms with Crippen molar-refractivity contribution in [3.05, 3.63) is 12.1 Å². The average molecular weight is 328 g/mol. The molecule has 10 heteroatoms. The highest BCUT2D eigenvalue weighted by Crippen LogP contribution is 2.38. The van der Waals surface area contributed by atoms with Crippen LogP contribution in [-0.2, 0) is 10.0 Å². The molecule has 0 spiro atoms. The lowest BCUT2D eigenvalue weighted by Gasteiger charge is -2.19. The molecule has 0 atom stereocenters. The summed E-state index contributed by atoms with van der Waals surface area (Å²) in [4.78, 5) is 3.90. The molecule has 0 saturated heterocycles. The Bertz CT molecular complexity index is 724. The molecule has 112 valence electrons. The number of nitrogens with two attached hydrogens (primary N) is 1. The molecule has 0 radical (unpaired) electrons. The molecule has 0 aliphatic carbocycles. The third-order valence-electron chi connectivity index (χ3n) is 2.51. The molecule has 0 unspecified atom stereocenters. The van der Waals surface area contributed by atoms with Crippen LogP contribution in [0.3, 0.4) is 0 Å². The Hall–Kier alpha value is -1.96. The van der Waals surface area contributed by atoms with Crippen LogP contribution in [0.25, 0.3) is 0 Å². The molecule has 0 fully saturated rings. The van der Waals surface area contributed by atoms with Gasteiger partial charge in [-0.15, -0.1) is 0 Å². The number of rotatable bonds is 2. The summed E-state index contributed by atoms with van der Waals surface area (Å²) < 4.78 is 34.1. The Morgan fingerprint density at radius 1 is 1.43 bits per heavy atom. The van der Waals surface area contributed by atoms with Gasteiger partial charge in [0, 0.05) is 12.1 Å². The summed E-state index contributed by atoms with van der Waals surface area (Å²) in [6.45, 7) is 0.683. The van der Waals surface area contributed by atoms with Gasteiger partial charge in [-0.3, -0.25) is 5.32 Å². The van der Waals surface area contributed by atoms with E-state index in [-0.39, 0.29) is 15.8 Å². The fraction of sp³-hybridized carbons (Fsp3) is 0.273. The number of benzene rings is 1. The van der Waals surface area contributed by atoms with Gasteiger partial charge in [-0.25, -0.2) is 18.5 Å². The van der Waals surface area contributed by atoms with E-state index in [0.717, 1.165) is 11.8 Å². The van der Waals surface area contributed by atoms with E-state index >= 15 is 0 Å². The maximum Gasteiger partial charge on any atom is 0.240 e. The van der Waals surface area contributed by atoms with Crippen LogP contribution in [0.4, 0.5) is 5.69 Å². The van der Waals surface area contributed by atoms with Gasteiger partial charge in [-0.1, -0.05) is 11.8 Å². The smallest absolute Gasteiger partial charge is 0.240 e. The van der Waals surface area contributed by atoms with Crippen molar-refractivity contribution in [2.24, 2.45) is 10.1 Å². The van der Waals surface area contributed by atoms with E-state index in [1.165, 1.54) is 12.1 Å². The summed E-state index contributed by atoms with van der Waals surface area (Å²) in [5, 5.41) is 16.4. The second-order valence-electron chi connectivity index (χ2n) is 3.87. The Balaban J connectivity index is 2.60. The van der Waals surface area contributed by atoms with Gasteiger partial charge in [0.25, 0.3) is 0 Å². The van der Waals surface area contributed by atoms with E-state index in [4.69, 9.17) is 19.9 Å². The number of sulfonamides is 1. The van der Waals surface area contributed by atoms with Gasteiger partial charge in [-0.2, -0.15) is 5.26 Å². The minimum atomic E-state index is -4.00.